The van der Waals surface area contributed by atoms with Crippen molar-refractivity contribution >= 4 is 40.9 Å². The Balaban J connectivity index is 1.93. The van der Waals surface area contributed by atoms with Crippen molar-refractivity contribution in [3.05, 3.63) is 75.1 Å². The average Bonchev–Trinajstić information content (AvgIpc) is 2.79. The lowest BCUT2D eigenvalue weighted by Gasteiger charge is -2.14. The largest absolute Gasteiger partial charge is 0.448 e. The maximum atomic E-state index is 11.8. The Hall–Kier alpha value is -1.42. The molecule has 0 aliphatic carbocycles. The lowest BCUT2D eigenvalue weighted by Crippen LogP contribution is -2.02. The zero-order valence-electron chi connectivity index (χ0n) is 10.8. The number of halogens is 2. The third-order valence-corrected chi connectivity index (χ3v) is 4.87. The van der Waals surface area contributed by atoms with Crippen molar-refractivity contribution in [2.75, 3.05) is 0 Å². The molecule has 3 rings (SSSR count). The number of esters is 1. The molecule has 0 bridgehead atoms. The van der Waals surface area contributed by atoms with E-state index in [1.54, 1.807) is 12.1 Å². The van der Waals surface area contributed by atoms with Gasteiger partial charge in [0.2, 0.25) is 0 Å². The number of benzene rings is 2. The topological polar surface area (TPSA) is 26.3 Å². The summed E-state index contributed by atoms with van der Waals surface area (Å²) in [7, 11) is 0. The van der Waals surface area contributed by atoms with Crippen LogP contribution >= 0.6 is 35.0 Å². The van der Waals surface area contributed by atoms with E-state index in [2.05, 4.69) is 0 Å². The van der Waals surface area contributed by atoms with Crippen molar-refractivity contribution in [3.8, 4) is 0 Å². The summed E-state index contributed by atoms with van der Waals surface area (Å²) in [6.45, 7) is 0. The van der Waals surface area contributed by atoms with E-state index in [-0.39, 0.29) is 5.03 Å². The predicted molar refractivity (Wildman–Crippen MR) is 85.5 cm³/mol. The third-order valence-electron chi connectivity index (χ3n) is 3.00. The fraction of sp³-hybridized carbons (Fsp3) is 0.0625. The smallest absolute Gasteiger partial charge is 0.351 e. The molecule has 0 saturated heterocycles. The van der Waals surface area contributed by atoms with Gasteiger partial charge in [0.15, 0.2) is 6.10 Å². The lowest BCUT2D eigenvalue weighted by molar-refractivity contribution is -0.139. The minimum absolute atomic E-state index is 0.142. The molecule has 106 valence electrons. The molecular weight excluding hydrogens is 327 g/mol. The number of thioether (sulfide) groups is 1. The van der Waals surface area contributed by atoms with Crippen LogP contribution in [0.15, 0.2) is 69.4 Å². The molecule has 5 heteroatoms. The van der Waals surface area contributed by atoms with Crippen molar-refractivity contribution < 1.29 is 9.53 Å². The highest BCUT2D eigenvalue weighted by atomic mass is 35.5. The molecule has 0 radical (unpaired) electrons. The van der Waals surface area contributed by atoms with E-state index in [1.165, 1.54) is 11.8 Å². The van der Waals surface area contributed by atoms with E-state index in [0.29, 0.717) is 9.93 Å². The Kier molecular flexibility index (Phi) is 4.24. The predicted octanol–water partition coefficient (Wildman–Crippen LogP) is 5.18. The van der Waals surface area contributed by atoms with Gasteiger partial charge in [0, 0.05) is 9.92 Å². The molecule has 0 spiro atoms. The van der Waals surface area contributed by atoms with Gasteiger partial charge in [0.25, 0.3) is 0 Å². The van der Waals surface area contributed by atoms with E-state index in [4.69, 9.17) is 27.9 Å². The summed E-state index contributed by atoms with van der Waals surface area (Å²) in [4.78, 5) is 13.4. The highest BCUT2D eigenvalue weighted by Gasteiger charge is 2.34. The molecule has 0 amide bonds. The van der Waals surface area contributed by atoms with Crippen molar-refractivity contribution in [2.24, 2.45) is 0 Å². The van der Waals surface area contributed by atoms with Crippen LogP contribution in [0.5, 0.6) is 0 Å². The maximum absolute atomic E-state index is 11.8. The number of cyclic esters (lactones) is 1. The normalized spacial score (nSPS) is 18.0. The highest BCUT2D eigenvalue weighted by molar-refractivity contribution is 8.03. The second-order valence-corrected chi connectivity index (χ2v) is 6.36. The van der Waals surface area contributed by atoms with Gasteiger partial charge in [-0.3, -0.25) is 0 Å². The molecule has 1 atom stereocenters. The first kappa shape index (κ1) is 14.5. The van der Waals surface area contributed by atoms with Crippen LogP contribution in [0.1, 0.15) is 11.7 Å². The SMILES string of the molecule is O=C1OC(c2ccccc2)C(Sc2ccc(Cl)cc2)=C1Cl. The van der Waals surface area contributed by atoms with Crippen molar-refractivity contribution in [1.82, 2.24) is 0 Å². The van der Waals surface area contributed by atoms with Gasteiger partial charge in [-0.2, -0.15) is 0 Å². The van der Waals surface area contributed by atoms with Crippen LogP contribution in [0.3, 0.4) is 0 Å². The summed E-state index contributed by atoms with van der Waals surface area (Å²) in [6.07, 6.45) is -0.452. The van der Waals surface area contributed by atoms with Crippen molar-refractivity contribution in [1.29, 1.82) is 0 Å². The van der Waals surface area contributed by atoms with Gasteiger partial charge < -0.3 is 4.74 Å². The molecule has 2 aromatic rings. The molecule has 0 fully saturated rings. The molecule has 0 aromatic heterocycles. The molecule has 0 N–H and O–H groups in total. The molecule has 1 aliphatic heterocycles. The van der Waals surface area contributed by atoms with Crippen molar-refractivity contribution in [3.63, 3.8) is 0 Å². The Labute approximate surface area is 136 Å². The number of ether oxygens (including phenoxy) is 1. The van der Waals surface area contributed by atoms with E-state index < -0.39 is 12.1 Å². The van der Waals surface area contributed by atoms with E-state index in [1.807, 2.05) is 42.5 Å². The van der Waals surface area contributed by atoms with E-state index in [9.17, 15) is 4.79 Å². The monoisotopic (exact) mass is 336 g/mol. The highest BCUT2D eigenvalue weighted by Crippen LogP contribution is 2.46. The number of rotatable bonds is 3. The van der Waals surface area contributed by atoms with Crippen LogP contribution < -0.4 is 0 Å². The Morgan fingerprint density at radius 1 is 0.952 bits per heavy atom. The summed E-state index contributed by atoms with van der Waals surface area (Å²) in [5.74, 6) is -0.484. The molecule has 1 heterocycles. The van der Waals surface area contributed by atoms with Crippen LogP contribution in [-0.4, -0.2) is 5.97 Å². The quantitative estimate of drug-likeness (QED) is 0.722. The fourth-order valence-corrected chi connectivity index (χ4v) is 3.38. The first-order valence-corrected chi connectivity index (χ1v) is 7.81. The minimum atomic E-state index is -0.484. The van der Waals surface area contributed by atoms with Crippen LogP contribution in [0.4, 0.5) is 0 Å². The maximum Gasteiger partial charge on any atom is 0.351 e. The number of hydrogen-bond donors (Lipinski definition) is 0. The zero-order chi connectivity index (χ0) is 14.8. The van der Waals surface area contributed by atoms with Gasteiger partial charge >= 0.3 is 5.97 Å². The van der Waals surface area contributed by atoms with Crippen LogP contribution in [-0.2, 0) is 9.53 Å². The van der Waals surface area contributed by atoms with Crippen molar-refractivity contribution in [2.45, 2.75) is 11.0 Å². The van der Waals surface area contributed by atoms with Gasteiger partial charge in [0.1, 0.15) is 5.03 Å². The zero-order valence-corrected chi connectivity index (χ0v) is 13.1. The Bertz CT molecular complexity index is 696. The van der Waals surface area contributed by atoms with Crippen LogP contribution in [0, 0.1) is 0 Å². The van der Waals surface area contributed by atoms with Crippen LogP contribution in [0.2, 0.25) is 5.02 Å². The van der Waals surface area contributed by atoms with Gasteiger partial charge in [-0.1, -0.05) is 65.3 Å². The Morgan fingerprint density at radius 2 is 1.62 bits per heavy atom. The number of carbonyl (C=O) groups is 1. The number of hydrogen-bond acceptors (Lipinski definition) is 3. The molecule has 21 heavy (non-hydrogen) atoms. The summed E-state index contributed by atoms with van der Waals surface area (Å²) >= 11 is 13.4. The fourth-order valence-electron chi connectivity index (χ4n) is 2.00. The first-order chi connectivity index (χ1) is 10.1. The van der Waals surface area contributed by atoms with Gasteiger partial charge in [-0.15, -0.1) is 0 Å². The molecule has 2 aromatic carbocycles. The van der Waals surface area contributed by atoms with Gasteiger partial charge in [0.05, 0.1) is 4.91 Å². The molecule has 0 saturated carbocycles. The van der Waals surface area contributed by atoms with E-state index >= 15 is 0 Å². The third kappa shape index (κ3) is 3.10. The molecule has 1 unspecified atom stereocenters. The summed E-state index contributed by atoms with van der Waals surface area (Å²) in [5.41, 5.74) is 0.901. The summed E-state index contributed by atoms with van der Waals surface area (Å²) in [6, 6.07) is 16.9. The summed E-state index contributed by atoms with van der Waals surface area (Å²) < 4.78 is 5.38. The molecule has 1 aliphatic rings. The standard InChI is InChI=1S/C16H10Cl2O2S/c17-11-6-8-12(9-7-11)21-15-13(18)16(19)20-14(15)10-4-2-1-3-5-10/h1-9,14H. The lowest BCUT2D eigenvalue weighted by atomic mass is 10.1. The van der Waals surface area contributed by atoms with Crippen LogP contribution in [0.25, 0.3) is 0 Å². The van der Waals surface area contributed by atoms with E-state index in [0.717, 1.165) is 10.5 Å². The van der Waals surface area contributed by atoms with Gasteiger partial charge in [-0.25, -0.2) is 4.79 Å². The second-order valence-electron chi connectivity index (χ2n) is 4.43. The second kappa shape index (κ2) is 6.14. The molecular formula is C16H10Cl2O2S. The average molecular weight is 337 g/mol. The Morgan fingerprint density at radius 3 is 2.29 bits per heavy atom. The first-order valence-electron chi connectivity index (χ1n) is 6.24. The molecule has 2 nitrogen and oxygen atoms in total. The van der Waals surface area contributed by atoms with Gasteiger partial charge in [-0.05, 0) is 29.8 Å². The minimum Gasteiger partial charge on any atom is -0.448 e. The number of carbonyl (C=O) groups excluding carboxylic acids is 1. The summed E-state index contributed by atoms with van der Waals surface area (Å²) in [5, 5.41) is 0.807.